The van der Waals surface area contributed by atoms with Gasteiger partial charge in [0.05, 0.1) is 11.1 Å². The van der Waals surface area contributed by atoms with E-state index in [9.17, 15) is 66.7 Å². The van der Waals surface area contributed by atoms with Crippen LogP contribution in [0.15, 0.2) is 29.8 Å². The maximum Gasteiger partial charge on any atom is 0.573 e. The second-order valence-corrected chi connectivity index (χ2v) is 10.4. The number of allylic oxidation sites excluding steroid dienone is 1. The van der Waals surface area contributed by atoms with Gasteiger partial charge in [-0.3, -0.25) is 0 Å². The summed E-state index contributed by atoms with van der Waals surface area (Å²) >= 11 is 0. The van der Waals surface area contributed by atoms with Gasteiger partial charge in [0.1, 0.15) is 75.7 Å². The van der Waals surface area contributed by atoms with E-state index in [-0.39, 0.29) is 12.1 Å². The van der Waals surface area contributed by atoms with E-state index in [4.69, 9.17) is 0 Å². The predicted molar refractivity (Wildman–Crippen MR) is 152 cm³/mol. The van der Waals surface area contributed by atoms with E-state index in [1.54, 1.807) is 0 Å². The number of hydrogen-bond donors (Lipinski definition) is 0. The molecule has 0 heterocycles. The lowest BCUT2D eigenvalue weighted by Crippen LogP contribution is -2.18. The highest BCUT2D eigenvalue weighted by molar-refractivity contribution is 6.07. The van der Waals surface area contributed by atoms with Gasteiger partial charge in [0.25, 0.3) is 0 Å². The molecule has 0 amide bonds. The summed E-state index contributed by atoms with van der Waals surface area (Å²) in [5, 5.41) is 56.6. The molecule has 0 aromatic heterocycles. The molecule has 0 N–H and O–H groups in total. The lowest BCUT2D eigenvalue weighted by Gasteiger charge is -2.18. The molecule has 0 saturated carbocycles. The van der Waals surface area contributed by atoms with Crippen molar-refractivity contribution in [2.75, 3.05) is 0 Å². The number of benzene rings is 4. The Labute approximate surface area is 291 Å². The van der Waals surface area contributed by atoms with Crippen LogP contribution in [-0.2, 0) is 0 Å². The van der Waals surface area contributed by atoms with E-state index in [0.717, 1.165) is 24.3 Å². The van der Waals surface area contributed by atoms with Crippen LogP contribution in [0.1, 0.15) is 33.4 Å². The summed E-state index contributed by atoms with van der Waals surface area (Å²) in [5.41, 5.74) is -17.6. The van der Waals surface area contributed by atoms with Gasteiger partial charge in [-0.05, 0) is 46.5 Å². The molecule has 0 unspecified atom stereocenters. The van der Waals surface area contributed by atoms with Crippen molar-refractivity contribution in [3.63, 3.8) is 0 Å². The molecular weight excluding hydrogens is 752 g/mol. The molecular formula is C34H4F12N6O2. The quantitative estimate of drug-likeness (QED) is 0.130. The Morgan fingerprint density at radius 1 is 0.426 bits per heavy atom. The fourth-order valence-corrected chi connectivity index (χ4v) is 5.57. The molecule has 0 radical (unpaired) electrons. The van der Waals surface area contributed by atoms with E-state index in [1.807, 2.05) is 0 Å². The molecule has 1 aliphatic rings. The molecule has 54 heavy (non-hydrogen) atoms. The zero-order chi connectivity index (χ0) is 40.2. The molecule has 0 atom stereocenters. The molecule has 4 aromatic carbocycles. The van der Waals surface area contributed by atoms with Crippen molar-refractivity contribution >= 4 is 5.57 Å². The van der Waals surface area contributed by atoms with Gasteiger partial charge in [-0.25, -0.2) is 26.3 Å². The predicted octanol–water partition coefficient (Wildman–Crippen LogP) is 8.97. The van der Waals surface area contributed by atoms with Crippen LogP contribution in [0.4, 0.5) is 52.7 Å². The molecule has 5 rings (SSSR count). The van der Waals surface area contributed by atoms with Gasteiger partial charge in [0.2, 0.25) is 0 Å². The zero-order valence-electron chi connectivity index (χ0n) is 25.3. The van der Waals surface area contributed by atoms with Crippen molar-refractivity contribution in [1.29, 1.82) is 31.6 Å². The van der Waals surface area contributed by atoms with Crippen molar-refractivity contribution in [3.05, 3.63) is 98.1 Å². The third-order valence-corrected chi connectivity index (χ3v) is 7.61. The van der Waals surface area contributed by atoms with Crippen molar-refractivity contribution in [1.82, 2.24) is 0 Å². The normalized spacial score (nSPS) is 11.6. The van der Waals surface area contributed by atoms with Crippen LogP contribution in [0.5, 0.6) is 11.5 Å². The second-order valence-electron chi connectivity index (χ2n) is 10.4. The summed E-state index contributed by atoms with van der Waals surface area (Å²) in [5.74, 6) is -16.1. The fourth-order valence-electron chi connectivity index (χ4n) is 5.57. The molecule has 0 fully saturated rings. The van der Waals surface area contributed by atoms with Gasteiger partial charge in [-0.2, -0.15) is 31.6 Å². The van der Waals surface area contributed by atoms with Gasteiger partial charge >= 0.3 is 12.7 Å². The summed E-state index contributed by atoms with van der Waals surface area (Å²) < 4.78 is 182. The molecule has 0 spiro atoms. The first-order valence-electron chi connectivity index (χ1n) is 13.7. The highest BCUT2D eigenvalue weighted by Gasteiger charge is 2.40. The fraction of sp³-hybridized carbons (Fsp3) is 0.0588. The monoisotopic (exact) mass is 756 g/mol. The number of ether oxygens (including phenoxy) is 2. The number of fused-ring (bicyclic) bond motifs is 3. The maximum atomic E-state index is 15.6. The molecule has 0 bridgehead atoms. The average Bonchev–Trinajstić information content (AvgIpc) is 3.36. The third-order valence-electron chi connectivity index (χ3n) is 7.61. The van der Waals surface area contributed by atoms with Gasteiger partial charge in [-0.15, -0.1) is 26.3 Å². The van der Waals surface area contributed by atoms with Gasteiger partial charge in [-0.1, -0.05) is 0 Å². The minimum Gasteiger partial charge on any atom is -0.405 e. The second kappa shape index (κ2) is 13.1. The zero-order valence-corrected chi connectivity index (χ0v) is 25.3. The van der Waals surface area contributed by atoms with Gasteiger partial charge < -0.3 is 9.47 Å². The van der Waals surface area contributed by atoms with E-state index in [2.05, 4.69) is 9.47 Å². The Bertz CT molecular complexity index is 2410. The number of alkyl halides is 6. The molecule has 0 aliphatic heterocycles. The summed E-state index contributed by atoms with van der Waals surface area (Å²) in [6, 6.07) is 7.86. The number of nitrogens with zero attached hydrogens (tertiary/aromatic N) is 6. The molecule has 0 saturated heterocycles. The Hall–Kier alpha value is -7.68. The van der Waals surface area contributed by atoms with Crippen LogP contribution < -0.4 is 9.47 Å². The lowest BCUT2D eigenvalue weighted by atomic mass is 9.91. The largest absolute Gasteiger partial charge is 0.573 e. The molecule has 4 aromatic rings. The number of rotatable bonds is 4. The average molecular weight is 756 g/mol. The number of nitriles is 6. The smallest absolute Gasteiger partial charge is 0.405 e. The first-order valence-corrected chi connectivity index (χ1v) is 13.7. The Morgan fingerprint density at radius 2 is 0.722 bits per heavy atom. The lowest BCUT2D eigenvalue weighted by molar-refractivity contribution is -0.275. The Balaban J connectivity index is 2.05. The van der Waals surface area contributed by atoms with Crippen LogP contribution in [0.2, 0.25) is 0 Å². The van der Waals surface area contributed by atoms with Crippen molar-refractivity contribution in [3.8, 4) is 81.3 Å². The highest BCUT2D eigenvalue weighted by Crippen LogP contribution is 2.54. The summed E-state index contributed by atoms with van der Waals surface area (Å²) in [4.78, 5) is 0. The van der Waals surface area contributed by atoms with Crippen molar-refractivity contribution < 1.29 is 62.2 Å². The van der Waals surface area contributed by atoms with Crippen LogP contribution in [0.3, 0.4) is 0 Å². The highest BCUT2D eigenvalue weighted by atomic mass is 19.4. The topological polar surface area (TPSA) is 161 Å². The molecule has 20 heteroatoms. The van der Waals surface area contributed by atoms with Crippen molar-refractivity contribution in [2.45, 2.75) is 12.7 Å². The van der Waals surface area contributed by atoms with Crippen molar-refractivity contribution in [2.24, 2.45) is 0 Å². The number of halogens is 12. The van der Waals surface area contributed by atoms with Gasteiger partial charge in [0.15, 0.2) is 34.9 Å². The maximum absolute atomic E-state index is 15.6. The van der Waals surface area contributed by atoms with Crippen LogP contribution in [0, 0.1) is 103 Å². The van der Waals surface area contributed by atoms with E-state index < -0.39 is 137 Å². The minimum atomic E-state index is -5.73. The van der Waals surface area contributed by atoms with Crippen LogP contribution in [0.25, 0.3) is 39.0 Å². The molecule has 8 nitrogen and oxygen atoms in total. The molecule has 266 valence electrons. The first-order chi connectivity index (χ1) is 25.3. The van der Waals surface area contributed by atoms with E-state index in [0.29, 0.717) is 12.1 Å². The first kappa shape index (κ1) is 37.6. The third kappa shape index (κ3) is 5.94. The number of hydrogen-bond acceptors (Lipinski definition) is 8. The van der Waals surface area contributed by atoms with Crippen LogP contribution in [-0.4, -0.2) is 12.7 Å². The van der Waals surface area contributed by atoms with E-state index >= 15 is 17.6 Å². The Kier molecular flexibility index (Phi) is 9.14. The SMILES string of the molecule is N#CC(C#N)=C1c2cc(OC(F)(F)F)c(-c3c(F)c(C#N)c(F)c(C#N)c3F)cc2-c2cc(-c3c(F)c(C#N)c(F)c(C#N)c3F)c(OC(F)(F)F)cc21. The van der Waals surface area contributed by atoms with E-state index in [1.165, 1.54) is 12.1 Å². The summed E-state index contributed by atoms with van der Waals surface area (Å²) in [6.45, 7) is 0. The summed E-state index contributed by atoms with van der Waals surface area (Å²) in [6.07, 6.45) is -11.5. The Morgan fingerprint density at radius 3 is 0.963 bits per heavy atom. The van der Waals surface area contributed by atoms with Gasteiger partial charge in [0, 0.05) is 16.7 Å². The minimum absolute atomic E-state index is 0.271. The standard InChI is InChI=1S/C34H4F12N6O2/c35-27-18(7-49)29(37)25(30(38)19(27)8-50)16-1-12-13-2-17(26-31(39)20(9-51)28(36)21(10-52)32(26)40)23(54-34(44,45)46)4-15(13)24(11(5-47)6-48)14(12)3-22(16)53-33(41,42)43/h1-4H. The summed E-state index contributed by atoms with van der Waals surface area (Å²) in [7, 11) is 0. The molecule has 1 aliphatic carbocycles. The van der Waals surface area contributed by atoms with Crippen LogP contribution >= 0.6 is 0 Å².